The second kappa shape index (κ2) is 8.35. The van der Waals surface area contributed by atoms with Crippen molar-refractivity contribution in [2.75, 3.05) is 32.1 Å². The summed E-state index contributed by atoms with van der Waals surface area (Å²) in [4.78, 5) is 22.0. The minimum Gasteiger partial charge on any atom is -0.451 e. The van der Waals surface area contributed by atoms with E-state index in [2.05, 4.69) is 24.0 Å². The zero-order valence-electron chi connectivity index (χ0n) is 17.0. The normalized spacial score (nSPS) is 11.6. The third-order valence-corrected chi connectivity index (χ3v) is 5.99. The van der Waals surface area contributed by atoms with Crippen molar-refractivity contribution >= 4 is 43.6 Å². The first-order valence-electron chi connectivity index (χ1n) is 9.90. The van der Waals surface area contributed by atoms with E-state index in [0.29, 0.717) is 12.3 Å². The van der Waals surface area contributed by atoms with Crippen LogP contribution in [-0.2, 0) is 6.42 Å². The van der Waals surface area contributed by atoms with E-state index in [4.69, 9.17) is 9.40 Å². The van der Waals surface area contributed by atoms with E-state index in [1.54, 1.807) is 16.2 Å². The molecule has 0 unspecified atom stereocenters. The molecule has 0 aliphatic carbocycles. The standard InChI is InChI=1S/C23H25N3O2S/c1-4-16-10-11-18-21(14-16)29-23(24-18)26(13-7-12-25(2)3)22(27)20-15-17-8-5-6-9-19(17)28-20/h5-6,8-11,14-15H,4,7,12-13H2,1-3H3. The summed E-state index contributed by atoms with van der Waals surface area (Å²) < 4.78 is 6.95. The highest BCUT2D eigenvalue weighted by Gasteiger charge is 2.24. The van der Waals surface area contributed by atoms with E-state index in [1.165, 1.54) is 5.56 Å². The Hall–Kier alpha value is -2.70. The number of hydrogen-bond donors (Lipinski definition) is 0. The van der Waals surface area contributed by atoms with Gasteiger partial charge in [0, 0.05) is 11.9 Å². The zero-order chi connectivity index (χ0) is 20.4. The fourth-order valence-electron chi connectivity index (χ4n) is 3.34. The summed E-state index contributed by atoms with van der Waals surface area (Å²) in [5.74, 6) is 0.208. The number of aromatic nitrogens is 1. The number of amides is 1. The molecule has 0 fully saturated rings. The molecule has 2 aromatic carbocycles. The number of aryl methyl sites for hydroxylation is 1. The molecular formula is C23H25N3O2S. The molecule has 4 rings (SSSR count). The Morgan fingerprint density at radius 2 is 1.93 bits per heavy atom. The number of thiazole rings is 1. The van der Waals surface area contributed by atoms with Gasteiger partial charge in [-0.1, -0.05) is 42.5 Å². The number of hydrogen-bond acceptors (Lipinski definition) is 5. The predicted octanol–water partition coefficient (Wildman–Crippen LogP) is 5.20. The van der Waals surface area contributed by atoms with Gasteiger partial charge in [-0.05, 0) is 63.3 Å². The summed E-state index contributed by atoms with van der Waals surface area (Å²) >= 11 is 1.56. The molecule has 0 aliphatic heterocycles. The number of para-hydroxylation sites is 1. The average Bonchev–Trinajstić information content (AvgIpc) is 3.33. The molecule has 29 heavy (non-hydrogen) atoms. The van der Waals surface area contributed by atoms with Gasteiger partial charge in [0.15, 0.2) is 10.9 Å². The van der Waals surface area contributed by atoms with Crippen LogP contribution in [0.2, 0.25) is 0 Å². The lowest BCUT2D eigenvalue weighted by Gasteiger charge is -2.19. The third-order valence-electron chi connectivity index (χ3n) is 4.95. The van der Waals surface area contributed by atoms with Crippen LogP contribution in [0.15, 0.2) is 52.9 Å². The lowest BCUT2D eigenvalue weighted by molar-refractivity contribution is 0.0961. The Balaban J connectivity index is 1.69. The molecule has 6 heteroatoms. The predicted molar refractivity (Wildman–Crippen MR) is 120 cm³/mol. The van der Waals surface area contributed by atoms with E-state index in [1.807, 2.05) is 50.5 Å². The highest BCUT2D eigenvalue weighted by atomic mass is 32.1. The Labute approximate surface area is 174 Å². The SMILES string of the molecule is CCc1ccc2nc(N(CCCN(C)C)C(=O)c3cc4ccccc4o3)sc2c1. The molecule has 5 nitrogen and oxygen atoms in total. The van der Waals surface area contributed by atoms with Crippen molar-refractivity contribution in [2.24, 2.45) is 0 Å². The molecule has 0 spiro atoms. The van der Waals surface area contributed by atoms with E-state index >= 15 is 0 Å². The molecule has 150 valence electrons. The summed E-state index contributed by atoms with van der Waals surface area (Å²) in [6.07, 6.45) is 1.84. The molecule has 0 aliphatic rings. The van der Waals surface area contributed by atoms with Gasteiger partial charge in [0.25, 0.3) is 5.91 Å². The minimum atomic E-state index is -0.144. The summed E-state index contributed by atoms with van der Waals surface area (Å²) in [7, 11) is 4.07. The largest absolute Gasteiger partial charge is 0.451 e. The van der Waals surface area contributed by atoms with Crippen LogP contribution >= 0.6 is 11.3 Å². The minimum absolute atomic E-state index is 0.144. The van der Waals surface area contributed by atoms with Crippen LogP contribution in [0.4, 0.5) is 5.13 Å². The van der Waals surface area contributed by atoms with Gasteiger partial charge in [-0.2, -0.15) is 0 Å². The van der Waals surface area contributed by atoms with E-state index in [9.17, 15) is 4.79 Å². The van der Waals surface area contributed by atoms with Crippen LogP contribution in [0.3, 0.4) is 0 Å². The van der Waals surface area contributed by atoms with Crippen LogP contribution in [0.25, 0.3) is 21.2 Å². The van der Waals surface area contributed by atoms with Crippen LogP contribution in [0.1, 0.15) is 29.5 Å². The van der Waals surface area contributed by atoms with Gasteiger partial charge in [0.1, 0.15) is 5.58 Å². The molecular weight excluding hydrogens is 382 g/mol. The molecule has 4 aromatic rings. The van der Waals surface area contributed by atoms with E-state index < -0.39 is 0 Å². The van der Waals surface area contributed by atoms with Crippen molar-refractivity contribution in [1.29, 1.82) is 0 Å². The maximum absolute atomic E-state index is 13.4. The molecule has 0 saturated carbocycles. The summed E-state index contributed by atoms with van der Waals surface area (Å²) in [5.41, 5.74) is 2.92. The highest BCUT2D eigenvalue weighted by Crippen LogP contribution is 2.31. The Kier molecular flexibility index (Phi) is 5.65. The molecule has 2 aromatic heterocycles. The average molecular weight is 408 g/mol. The van der Waals surface area contributed by atoms with E-state index in [0.717, 1.165) is 45.7 Å². The summed E-state index contributed by atoms with van der Waals surface area (Å²) in [5, 5.41) is 1.65. The molecule has 1 amide bonds. The van der Waals surface area contributed by atoms with Crippen molar-refractivity contribution in [3.63, 3.8) is 0 Å². The quantitative estimate of drug-likeness (QED) is 0.422. The van der Waals surface area contributed by atoms with Gasteiger partial charge < -0.3 is 9.32 Å². The number of furan rings is 1. The van der Waals surface area contributed by atoms with Crippen molar-refractivity contribution in [3.8, 4) is 0 Å². The van der Waals surface area contributed by atoms with Gasteiger partial charge in [-0.15, -0.1) is 0 Å². The number of benzene rings is 2. The molecule has 2 heterocycles. The Bertz CT molecular complexity index is 1110. The van der Waals surface area contributed by atoms with Gasteiger partial charge >= 0.3 is 0 Å². The zero-order valence-corrected chi connectivity index (χ0v) is 17.8. The van der Waals surface area contributed by atoms with Crippen molar-refractivity contribution in [3.05, 3.63) is 59.9 Å². The lowest BCUT2D eigenvalue weighted by atomic mass is 10.2. The monoisotopic (exact) mass is 407 g/mol. The molecule has 0 bridgehead atoms. The lowest BCUT2D eigenvalue weighted by Crippen LogP contribution is -2.33. The Morgan fingerprint density at radius 3 is 2.69 bits per heavy atom. The summed E-state index contributed by atoms with van der Waals surface area (Å²) in [6.45, 7) is 3.63. The Morgan fingerprint density at radius 1 is 1.10 bits per heavy atom. The number of carbonyl (C=O) groups excluding carboxylic acids is 1. The van der Waals surface area contributed by atoms with Gasteiger partial charge in [0.2, 0.25) is 0 Å². The van der Waals surface area contributed by atoms with Gasteiger partial charge in [-0.25, -0.2) is 4.98 Å². The number of rotatable bonds is 7. The van der Waals surface area contributed by atoms with Crippen LogP contribution < -0.4 is 4.90 Å². The number of anilines is 1. The number of nitrogens with zero attached hydrogens (tertiary/aromatic N) is 3. The van der Waals surface area contributed by atoms with Crippen LogP contribution in [-0.4, -0.2) is 43.0 Å². The first-order chi connectivity index (χ1) is 14.0. The molecule has 0 atom stereocenters. The van der Waals surface area contributed by atoms with Crippen LogP contribution in [0, 0.1) is 0 Å². The fourth-order valence-corrected chi connectivity index (χ4v) is 4.40. The first-order valence-corrected chi connectivity index (χ1v) is 10.7. The van der Waals surface area contributed by atoms with Crippen molar-refractivity contribution < 1.29 is 9.21 Å². The fraction of sp³-hybridized carbons (Fsp3) is 0.304. The number of fused-ring (bicyclic) bond motifs is 2. The van der Waals surface area contributed by atoms with Crippen LogP contribution in [0.5, 0.6) is 0 Å². The molecule has 0 radical (unpaired) electrons. The maximum atomic E-state index is 13.4. The van der Waals surface area contributed by atoms with Gasteiger partial charge in [0.05, 0.1) is 10.2 Å². The topological polar surface area (TPSA) is 49.6 Å². The maximum Gasteiger partial charge on any atom is 0.295 e. The number of carbonyl (C=O) groups is 1. The van der Waals surface area contributed by atoms with Crippen molar-refractivity contribution in [1.82, 2.24) is 9.88 Å². The highest BCUT2D eigenvalue weighted by molar-refractivity contribution is 7.22. The second-order valence-corrected chi connectivity index (χ2v) is 8.42. The molecule has 0 N–H and O–H groups in total. The van der Waals surface area contributed by atoms with E-state index in [-0.39, 0.29) is 5.91 Å². The molecule has 0 saturated heterocycles. The first kappa shape index (κ1) is 19.6. The second-order valence-electron chi connectivity index (χ2n) is 7.41. The smallest absolute Gasteiger partial charge is 0.295 e. The van der Waals surface area contributed by atoms with Gasteiger partial charge in [-0.3, -0.25) is 9.69 Å². The summed E-state index contributed by atoms with van der Waals surface area (Å²) in [6, 6.07) is 15.8. The third kappa shape index (κ3) is 4.18. The van der Waals surface area contributed by atoms with Crippen molar-refractivity contribution in [2.45, 2.75) is 19.8 Å².